The van der Waals surface area contributed by atoms with Crippen molar-refractivity contribution in [1.29, 1.82) is 0 Å². The molecule has 0 bridgehead atoms. The standard InChI is InChI=1S/C10H24N2O/c1-4-6-7-12(5-2)9-10(8-11)13-3/h10H,4-9,11H2,1-3H3. The first kappa shape index (κ1) is 12.9. The molecule has 0 fully saturated rings. The largest absolute Gasteiger partial charge is 0.379 e. The number of nitrogens with two attached hydrogens (primary N) is 1. The number of likely N-dealkylation sites (N-methyl/N-ethyl adjacent to an activating group) is 1. The van der Waals surface area contributed by atoms with E-state index < -0.39 is 0 Å². The van der Waals surface area contributed by atoms with Crippen molar-refractivity contribution in [1.82, 2.24) is 4.90 Å². The molecular formula is C10H24N2O. The second-order valence-corrected chi connectivity index (χ2v) is 3.34. The van der Waals surface area contributed by atoms with Crippen molar-refractivity contribution >= 4 is 0 Å². The Balaban J connectivity index is 3.67. The monoisotopic (exact) mass is 188 g/mol. The molecule has 0 saturated carbocycles. The van der Waals surface area contributed by atoms with Gasteiger partial charge in [-0.05, 0) is 19.5 Å². The second-order valence-electron chi connectivity index (χ2n) is 3.34. The molecule has 0 aromatic carbocycles. The normalized spacial score (nSPS) is 13.6. The predicted octanol–water partition coefficient (Wildman–Crippen LogP) is 1.08. The maximum Gasteiger partial charge on any atom is 0.0820 e. The van der Waals surface area contributed by atoms with Crippen LogP contribution < -0.4 is 5.73 Å². The van der Waals surface area contributed by atoms with Gasteiger partial charge in [0.2, 0.25) is 0 Å². The number of ether oxygens (including phenoxy) is 1. The summed E-state index contributed by atoms with van der Waals surface area (Å²) in [7, 11) is 1.73. The number of unbranched alkanes of at least 4 members (excludes halogenated alkanes) is 1. The van der Waals surface area contributed by atoms with E-state index in [-0.39, 0.29) is 6.10 Å². The van der Waals surface area contributed by atoms with Crippen molar-refractivity contribution < 1.29 is 4.74 Å². The van der Waals surface area contributed by atoms with Gasteiger partial charge in [0.05, 0.1) is 6.10 Å². The molecule has 0 radical (unpaired) electrons. The van der Waals surface area contributed by atoms with Gasteiger partial charge in [-0.1, -0.05) is 20.3 Å². The first-order valence-corrected chi connectivity index (χ1v) is 5.23. The quantitative estimate of drug-likeness (QED) is 0.619. The van der Waals surface area contributed by atoms with Crippen LogP contribution in [-0.2, 0) is 4.74 Å². The summed E-state index contributed by atoms with van der Waals surface area (Å²) >= 11 is 0. The van der Waals surface area contributed by atoms with E-state index in [1.807, 2.05) is 0 Å². The van der Waals surface area contributed by atoms with Gasteiger partial charge in [-0.15, -0.1) is 0 Å². The summed E-state index contributed by atoms with van der Waals surface area (Å²) in [5, 5.41) is 0. The third-order valence-corrected chi connectivity index (χ3v) is 2.33. The van der Waals surface area contributed by atoms with E-state index in [1.54, 1.807) is 7.11 Å². The summed E-state index contributed by atoms with van der Waals surface area (Å²) in [5.74, 6) is 0. The first-order chi connectivity index (χ1) is 6.28. The zero-order chi connectivity index (χ0) is 10.1. The fraction of sp³-hybridized carbons (Fsp3) is 1.00. The van der Waals surface area contributed by atoms with Crippen LogP contribution in [0.4, 0.5) is 0 Å². The Labute approximate surface area is 82.2 Å². The highest BCUT2D eigenvalue weighted by atomic mass is 16.5. The summed E-state index contributed by atoms with van der Waals surface area (Å²) in [6.07, 6.45) is 2.70. The maximum absolute atomic E-state index is 5.56. The molecule has 0 aromatic heterocycles. The SMILES string of the molecule is CCCCN(CC)CC(CN)OC. The molecule has 1 atom stereocenters. The fourth-order valence-electron chi connectivity index (χ4n) is 1.29. The summed E-state index contributed by atoms with van der Waals surface area (Å²) < 4.78 is 5.25. The molecule has 13 heavy (non-hydrogen) atoms. The highest BCUT2D eigenvalue weighted by Crippen LogP contribution is 1.98. The minimum Gasteiger partial charge on any atom is -0.379 e. The van der Waals surface area contributed by atoms with Gasteiger partial charge in [0.15, 0.2) is 0 Å². The fourth-order valence-corrected chi connectivity index (χ4v) is 1.29. The Hall–Kier alpha value is -0.120. The van der Waals surface area contributed by atoms with Gasteiger partial charge >= 0.3 is 0 Å². The van der Waals surface area contributed by atoms with E-state index in [0.717, 1.165) is 19.6 Å². The van der Waals surface area contributed by atoms with Crippen LogP contribution >= 0.6 is 0 Å². The maximum atomic E-state index is 5.56. The number of methoxy groups -OCH3 is 1. The Morgan fingerprint density at radius 1 is 1.38 bits per heavy atom. The van der Waals surface area contributed by atoms with E-state index in [2.05, 4.69) is 18.7 Å². The van der Waals surface area contributed by atoms with Gasteiger partial charge in [-0.2, -0.15) is 0 Å². The number of nitrogens with zero attached hydrogens (tertiary/aromatic N) is 1. The van der Waals surface area contributed by atoms with E-state index in [9.17, 15) is 0 Å². The average molecular weight is 188 g/mol. The lowest BCUT2D eigenvalue weighted by atomic mass is 10.2. The summed E-state index contributed by atoms with van der Waals surface area (Å²) in [4.78, 5) is 2.39. The van der Waals surface area contributed by atoms with Crippen LogP contribution in [-0.4, -0.2) is 44.3 Å². The lowest BCUT2D eigenvalue weighted by molar-refractivity contribution is 0.0711. The molecule has 80 valence electrons. The Bertz CT molecular complexity index is 105. The molecule has 0 aliphatic rings. The Kier molecular flexibility index (Phi) is 8.40. The molecule has 1 unspecified atom stereocenters. The van der Waals surface area contributed by atoms with Crippen molar-refractivity contribution in [2.45, 2.75) is 32.8 Å². The van der Waals surface area contributed by atoms with Crippen molar-refractivity contribution in [3.8, 4) is 0 Å². The third-order valence-electron chi connectivity index (χ3n) is 2.33. The first-order valence-electron chi connectivity index (χ1n) is 5.23. The smallest absolute Gasteiger partial charge is 0.0820 e. The van der Waals surface area contributed by atoms with Crippen molar-refractivity contribution in [3.63, 3.8) is 0 Å². The zero-order valence-electron chi connectivity index (χ0n) is 9.25. The third kappa shape index (κ3) is 6.02. The van der Waals surface area contributed by atoms with Crippen LogP contribution in [0.2, 0.25) is 0 Å². The molecule has 0 spiro atoms. The van der Waals surface area contributed by atoms with Crippen molar-refractivity contribution in [2.24, 2.45) is 5.73 Å². The molecule has 3 nitrogen and oxygen atoms in total. The average Bonchev–Trinajstić information content (AvgIpc) is 2.19. The van der Waals surface area contributed by atoms with Gasteiger partial charge in [0, 0.05) is 20.2 Å². The lowest BCUT2D eigenvalue weighted by Gasteiger charge is -2.24. The highest BCUT2D eigenvalue weighted by molar-refractivity contribution is 4.65. The summed E-state index contributed by atoms with van der Waals surface area (Å²) in [6, 6.07) is 0. The zero-order valence-corrected chi connectivity index (χ0v) is 9.25. The summed E-state index contributed by atoms with van der Waals surface area (Å²) in [6.45, 7) is 8.21. The van der Waals surface area contributed by atoms with E-state index in [1.165, 1.54) is 12.8 Å². The molecule has 0 saturated heterocycles. The van der Waals surface area contributed by atoms with Crippen LogP contribution in [0.1, 0.15) is 26.7 Å². The Morgan fingerprint density at radius 3 is 2.46 bits per heavy atom. The number of rotatable bonds is 8. The topological polar surface area (TPSA) is 38.5 Å². The molecule has 0 amide bonds. The van der Waals surface area contributed by atoms with Crippen LogP contribution in [0.25, 0.3) is 0 Å². The molecule has 0 rings (SSSR count). The van der Waals surface area contributed by atoms with Crippen LogP contribution in [0, 0.1) is 0 Å². The highest BCUT2D eigenvalue weighted by Gasteiger charge is 2.09. The van der Waals surface area contributed by atoms with Gasteiger partial charge in [0.1, 0.15) is 0 Å². The van der Waals surface area contributed by atoms with Gasteiger partial charge in [0.25, 0.3) is 0 Å². The molecule has 0 aliphatic carbocycles. The van der Waals surface area contributed by atoms with Gasteiger partial charge in [-0.3, -0.25) is 0 Å². The van der Waals surface area contributed by atoms with Crippen molar-refractivity contribution in [2.75, 3.05) is 33.3 Å². The molecule has 3 heteroatoms. The van der Waals surface area contributed by atoms with Crippen molar-refractivity contribution in [3.05, 3.63) is 0 Å². The van der Waals surface area contributed by atoms with Gasteiger partial charge in [-0.25, -0.2) is 0 Å². The molecule has 0 aliphatic heterocycles. The Morgan fingerprint density at radius 2 is 2.08 bits per heavy atom. The van der Waals surface area contributed by atoms with E-state index in [4.69, 9.17) is 10.5 Å². The van der Waals surface area contributed by atoms with E-state index in [0.29, 0.717) is 6.54 Å². The van der Waals surface area contributed by atoms with Crippen LogP contribution in [0.3, 0.4) is 0 Å². The molecule has 0 heterocycles. The van der Waals surface area contributed by atoms with Gasteiger partial charge < -0.3 is 15.4 Å². The summed E-state index contributed by atoms with van der Waals surface area (Å²) in [5.41, 5.74) is 5.56. The lowest BCUT2D eigenvalue weighted by Crippen LogP contribution is -2.38. The minimum atomic E-state index is 0.191. The predicted molar refractivity (Wildman–Crippen MR) is 56.9 cm³/mol. The van der Waals surface area contributed by atoms with E-state index >= 15 is 0 Å². The second kappa shape index (κ2) is 8.48. The number of hydrogen-bond donors (Lipinski definition) is 1. The molecule has 0 aromatic rings. The number of hydrogen-bond acceptors (Lipinski definition) is 3. The van der Waals surface area contributed by atoms with Crippen LogP contribution in [0.15, 0.2) is 0 Å². The molecule has 2 N–H and O–H groups in total. The minimum absolute atomic E-state index is 0.191. The molecular weight excluding hydrogens is 164 g/mol. The van der Waals surface area contributed by atoms with Crippen LogP contribution in [0.5, 0.6) is 0 Å².